The third-order valence-corrected chi connectivity index (χ3v) is 3.29. The quantitative estimate of drug-likeness (QED) is 0.582. The van der Waals surface area contributed by atoms with Gasteiger partial charge in [-0.3, -0.25) is 14.9 Å². The third-order valence-electron chi connectivity index (χ3n) is 3.29. The van der Waals surface area contributed by atoms with Crippen LogP contribution in [0.15, 0.2) is 0 Å². The zero-order valence-electron chi connectivity index (χ0n) is 13.5. The highest BCUT2D eigenvalue weighted by Gasteiger charge is 2.30. The van der Waals surface area contributed by atoms with Crippen LogP contribution in [0.2, 0.25) is 0 Å². The molecule has 0 unspecified atom stereocenters. The summed E-state index contributed by atoms with van der Waals surface area (Å²) in [5, 5.41) is 13.6. The molecule has 0 rings (SSSR count). The van der Waals surface area contributed by atoms with Gasteiger partial charge in [0.25, 0.3) is 0 Å². The van der Waals surface area contributed by atoms with Crippen LogP contribution in [-0.4, -0.2) is 54.1 Å². The lowest BCUT2D eigenvalue weighted by atomic mass is 9.89. The minimum atomic E-state index is -1.19. The Kier molecular flexibility index (Phi) is 7.94. The molecule has 0 saturated carbocycles. The number of rotatable bonds is 8. The molecule has 0 spiro atoms. The maximum Gasteiger partial charge on any atom is 0.321 e. The Balaban J connectivity index is 3.95. The minimum Gasteiger partial charge on any atom is -0.481 e. The first kappa shape index (κ1) is 19.4. The normalized spacial score (nSPS) is 11.6. The summed E-state index contributed by atoms with van der Waals surface area (Å²) in [4.78, 5) is 36.1. The maximum absolute atomic E-state index is 11.6. The van der Waals surface area contributed by atoms with Crippen molar-refractivity contribution in [2.45, 2.75) is 46.6 Å². The molecule has 3 amide bonds. The lowest BCUT2D eigenvalue weighted by Gasteiger charge is -2.20. The number of hydrogen-bond acceptors (Lipinski definition) is 4. The number of imide groups is 1. The molecule has 122 valence electrons. The molecular weight excluding hydrogens is 274 g/mol. The summed E-state index contributed by atoms with van der Waals surface area (Å²) in [5.74, 6) is -1.67. The van der Waals surface area contributed by atoms with Crippen molar-refractivity contribution in [2.75, 3.05) is 20.1 Å². The van der Waals surface area contributed by atoms with E-state index in [0.29, 0.717) is 12.6 Å². The number of carbonyl (C=O) groups excluding carboxylic acids is 2. The molecule has 7 heteroatoms. The van der Waals surface area contributed by atoms with E-state index in [2.05, 4.69) is 29.4 Å². The van der Waals surface area contributed by atoms with Crippen LogP contribution in [0.1, 0.15) is 40.5 Å². The van der Waals surface area contributed by atoms with Crippen LogP contribution >= 0.6 is 0 Å². The number of amides is 3. The van der Waals surface area contributed by atoms with Crippen LogP contribution in [0.3, 0.4) is 0 Å². The summed E-state index contributed by atoms with van der Waals surface area (Å²) in [5.41, 5.74) is -1.19. The minimum absolute atomic E-state index is 0.244. The van der Waals surface area contributed by atoms with Crippen LogP contribution in [0.25, 0.3) is 0 Å². The fraction of sp³-hybridized carbons (Fsp3) is 0.786. The number of carbonyl (C=O) groups is 3. The van der Waals surface area contributed by atoms with E-state index in [9.17, 15) is 14.4 Å². The van der Waals surface area contributed by atoms with E-state index in [1.165, 1.54) is 13.8 Å². The number of urea groups is 1. The first-order valence-corrected chi connectivity index (χ1v) is 7.07. The van der Waals surface area contributed by atoms with E-state index in [0.717, 1.165) is 13.0 Å². The lowest BCUT2D eigenvalue weighted by Crippen LogP contribution is -2.42. The molecule has 0 heterocycles. The third kappa shape index (κ3) is 8.29. The molecule has 0 aliphatic carbocycles. The highest BCUT2D eigenvalue weighted by molar-refractivity contribution is 5.96. The van der Waals surface area contributed by atoms with Gasteiger partial charge in [0.1, 0.15) is 0 Å². The van der Waals surface area contributed by atoms with Crippen molar-refractivity contribution in [3.63, 3.8) is 0 Å². The Bertz CT molecular complexity index is 380. The zero-order valence-corrected chi connectivity index (χ0v) is 13.5. The fourth-order valence-electron chi connectivity index (χ4n) is 1.48. The molecule has 0 aliphatic heterocycles. The first-order valence-electron chi connectivity index (χ1n) is 7.07. The van der Waals surface area contributed by atoms with Crippen molar-refractivity contribution in [3.8, 4) is 0 Å². The van der Waals surface area contributed by atoms with Gasteiger partial charge in [0.05, 0.1) is 5.41 Å². The van der Waals surface area contributed by atoms with Crippen LogP contribution in [0.5, 0.6) is 0 Å². The molecule has 0 aromatic rings. The molecule has 21 heavy (non-hydrogen) atoms. The van der Waals surface area contributed by atoms with E-state index in [1.54, 1.807) is 0 Å². The number of carboxylic acid groups (broad SMARTS) is 1. The highest BCUT2D eigenvalue weighted by atomic mass is 16.4. The average Bonchev–Trinajstić information content (AvgIpc) is 2.32. The summed E-state index contributed by atoms with van der Waals surface area (Å²) < 4.78 is 0. The Morgan fingerprint density at radius 3 is 2.29 bits per heavy atom. The topological polar surface area (TPSA) is 98.7 Å². The van der Waals surface area contributed by atoms with Crippen LogP contribution in [0.4, 0.5) is 4.79 Å². The number of nitrogens with one attached hydrogen (secondary N) is 2. The molecule has 0 aliphatic rings. The molecule has 0 atom stereocenters. The molecule has 0 aromatic heterocycles. The van der Waals surface area contributed by atoms with Crippen LogP contribution in [-0.2, 0) is 9.59 Å². The molecule has 0 fully saturated rings. The van der Waals surface area contributed by atoms with Crippen molar-refractivity contribution >= 4 is 17.9 Å². The van der Waals surface area contributed by atoms with Gasteiger partial charge in [0.15, 0.2) is 0 Å². The molecule has 7 nitrogen and oxygen atoms in total. The van der Waals surface area contributed by atoms with Gasteiger partial charge in [0.2, 0.25) is 5.91 Å². The Labute approximate surface area is 126 Å². The molecule has 0 bridgehead atoms. The maximum atomic E-state index is 11.6. The molecular formula is C14H27N3O4. The first-order chi connectivity index (χ1) is 9.56. The predicted molar refractivity (Wildman–Crippen MR) is 80.0 cm³/mol. The van der Waals surface area contributed by atoms with E-state index >= 15 is 0 Å². The Hall–Kier alpha value is -1.63. The Morgan fingerprint density at radius 2 is 1.81 bits per heavy atom. The van der Waals surface area contributed by atoms with Gasteiger partial charge in [-0.2, -0.15) is 0 Å². The van der Waals surface area contributed by atoms with Crippen LogP contribution < -0.4 is 10.6 Å². The zero-order chi connectivity index (χ0) is 16.6. The van der Waals surface area contributed by atoms with Crippen LogP contribution in [0, 0.1) is 5.41 Å². The molecule has 0 aromatic carbocycles. The van der Waals surface area contributed by atoms with E-state index < -0.39 is 23.3 Å². The highest BCUT2D eigenvalue weighted by Crippen LogP contribution is 2.19. The number of nitrogens with zero attached hydrogens (tertiary/aromatic N) is 1. The SMILES string of the molecule is CC(C)N(C)CCCNC(=O)NC(=O)CC(C)(C)C(=O)O. The van der Waals surface area contributed by atoms with Crippen molar-refractivity contribution in [1.29, 1.82) is 0 Å². The van der Waals surface area contributed by atoms with Gasteiger partial charge in [-0.1, -0.05) is 0 Å². The number of carboxylic acids is 1. The van der Waals surface area contributed by atoms with Gasteiger partial charge in [0, 0.05) is 19.0 Å². The molecule has 0 saturated heterocycles. The average molecular weight is 301 g/mol. The van der Waals surface area contributed by atoms with Crippen molar-refractivity contribution in [3.05, 3.63) is 0 Å². The fourth-order valence-corrected chi connectivity index (χ4v) is 1.48. The summed E-state index contributed by atoms with van der Waals surface area (Å²) in [6.45, 7) is 8.35. The van der Waals surface area contributed by atoms with Gasteiger partial charge in [-0.25, -0.2) is 4.79 Å². The summed E-state index contributed by atoms with van der Waals surface area (Å²) in [6, 6.07) is -0.146. The summed E-state index contributed by atoms with van der Waals surface area (Å²) in [6.07, 6.45) is 0.531. The van der Waals surface area contributed by atoms with Crippen molar-refractivity contribution in [2.24, 2.45) is 5.41 Å². The summed E-state index contributed by atoms with van der Waals surface area (Å²) >= 11 is 0. The predicted octanol–water partition coefficient (Wildman–Crippen LogP) is 1.04. The lowest BCUT2D eigenvalue weighted by molar-refractivity contribution is -0.149. The van der Waals surface area contributed by atoms with E-state index in [1.807, 2.05) is 7.05 Å². The van der Waals surface area contributed by atoms with Gasteiger partial charge >= 0.3 is 12.0 Å². The standard InChI is InChI=1S/C14H27N3O4/c1-10(2)17(5)8-6-7-15-13(21)16-11(18)9-14(3,4)12(19)20/h10H,6-9H2,1-5H3,(H,19,20)(H2,15,16,18,21). The van der Waals surface area contributed by atoms with Crippen molar-refractivity contribution < 1.29 is 19.5 Å². The van der Waals surface area contributed by atoms with E-state index in [4.69, 9.17) is 5.11 Å². The second-order valence-corrected chi connectivity index (χ2v) is 6.10. The van der Waals surface area contributed by atoms with Gasteiger partial charge < -0.3 is 15.3 Å². The second-order valence-electron chi connectivity index (χ2n) is 6.10. The largest absolute Gasteiger partial charge is 0.481 e. The van der Waals surface area contributed by atoms with Gasteiger partial charge in [-0.15, -0.1) is 0 Å². The Morgan fingerprint density at radius 1 is 1.24 bits per heavy atom. The van der Waals surface area contributed by atoms with Gasteiger partial charge in [-0.05, 0) is 47.7 Å². The number of aliphatic carboxylic acids is 1. The van der Waals surface area contributed by atoms with Crippen molar-refractivity contribution in [1.82, 2.24) is 15.5 Å². The molecule has 3 N–H and O–H groups in total. The van der Waals surface area contributed by atoms with E-state index in [-0.39, 0.29) is 6.42 Å². The second kappa shape index (κ2) is 8.61. The number of hydrogen-bond donors (Lipinski definition) is 3. The summed E-state index contributed by atoms with van der Waals surface area (Å²) in [7, 11) is 2.00. The smallest absolute Gasteiger partial charge is 0.321 e. The monoisotopic (exact) mass is 301 g/mol. The molecule has 0 radical (unpaired) electrons.